The van der Waals surface area contributed by atoms with Gasteiger partial charge < -0.3 is 4.57 Å². The second-order valence-electron chi connectivity index (χ2n) is 10.1. The highest BCUT2D eigenvalue weighted by Gasteiger charge is 2.13. The maximum atomic E-state index is 5.09. The van der Waals surface area contributed by atoms with Crippen molar-refractivity contribution in [2.45, 2.75) is 34.1 Å². The number of hydrogen-bond donors (Lipinski definition) is 0. The third-order valence-corrected chi connectivity index (χ3v) is 7.46. The number of nitrogens with zero attached hydrogens (tertiary/aromatic N) is 2. The van der Waals surface area contributed by atoms with Crippen LogP contribution in [-0.2, 0) is 0 Å². The van der Waals surface area contributed by atoms with Gasteiger partial charge in [0.15, 0.2) is 0 Å². The van der Waals surface area contributed by atoms with E-state index in [2.05, 4.69) is 139 Å². The van der Waals surface area contributed by atoms with E-state index in [1.807, 2.05) is 26.8 Å². The average molecular weight is 547 g/mol. The minimum Gasteiger partial charge on any atom is -0.309 e. The number of pyridine rings is 1. The van der Waals surface area contributed by atoms with Gasteiger partial charge in [-0.2, -0.15) is 0 Å². The number of rotatable bonds is 6. The van der Waals surface area contributed by atoms with E-state index in [4.69, 9.17) is 4.98 Å². The summed E-state index contributed by atoms with van der Waals surface area (Å²) in [6, 6.07) is 30.5. The quantitative estimate of drug-likeness (QED) is 0.194. The van der Waals surface area contributed by atoms with Crippen LogP contribution in [0.15, 0.2) is 146 Å². The van der Waals surface area contributed by atoms with Gasteiger partial charge in [0.25, 0.3) is 0 Å². The summed E-state index contributed by atoms with van der Waals surface area (Å²) in [7, 11) is 0. The lowest BCUT2D eigenvalue weighted by atomic mass is 9.99. The molecule has 0 saturated carbocycles. The summed E-state index contributed by atoms with van der Waals surface area (Å²) in [6.07, 6.45) is 17.6. The topological polar surface area (TPSA) is 17.8 Å². The maximum Gasteiger partial charge on any atom is 0.0715 e. The fourth-order valence-corrected chi connectivity index (χ4v) is 5.40. The lowest BCUT2D eigenvalue weighted by Gasteiger charge is -2.12. The molecule has 5 aromatic rings. The lowest BCUT2D eigenvalue weighted by molar-refractivity contribution is 1.18. The first-order valence-electron chi connectivity index (χ1n) is 14.8. The molecular formula is C40H38N2. The molecule has 0 spiro atoms. The molecule has 2 nitrogen and oxygen atoms in total. The van der Waals surface area contributed by atoms with Crippen molar-refractivity contribution in [2.24, 2.45) is 0 Å². The highest BCUT2D eigenvalue weighted by Crippen LogP contribution is 2.33. The summed E-state index contributed by atoms with van der Waals surface area (Å²) in [5.74, 6) is 0. The zero-order valence-electron chi connectivity index (χ0n) is 25.0. The summed E-state index contributed by atoms with van der Waals surface area (Å²) < 4.78 is 2.35. The zero-order chi connectivity index (χ0) is 29.5. The van der Waals surface area contributed by atoms with Crippen molar-refractivity contribution in [1.82, 2.24) is 9.55 Å². The highest BCUT2D eigenvalue weighted by molar-refractivity contribution is 6.09. The molecule has 0 saturated heterocycles. The number of benzene rings is 3. The van der Waals surface area contributed by atoms with Crippen molar-refractivity contribution in [2.75, 3.05) is 0 Å². The van der Waals surface area contributed by atoms with E-state index in [-0.39, 0.29) is 0 Å². The van der Waals surface area contributed by atoms with Crippen molar-refractivity contribution < 1.29 is 0 Å². The second kappa shape index (κ2) is 13.1. The Bertz CT molecular complexity index is 1830. The third-order valence-electron chi connectivity index (χ3n) is 7.46. The first-order chi connectivity index (χ1) is 20.7. The van der Waals surface area contributed by atoms with E-state index in [1.54, 1.807) is 6.08 Å². The largest absolute Gasteiger partial charge is 0.309 e. The van der Waals surface area contributed by atoms with Gasteiger partial charge >= 0.3 is 0 Å². The Balaban J connectivity index is 0.00000173. The van der Waals surface area contributed by atoms with Crippen LogP contribution in [0.4, 0.5) is 0 Å². The summed E-state index contributed by atoms with van der Waals surface area (Å²) in [5.41, 5.74) is 11.3. The SMILES string of the molecule is C=C/C=C\C(=C/C)c1cc(-c2ccc(-n3c4ccccc4c4ccccc43)cc2)cc(C2=CC=C(C)CC=C2)n1.CC. The van der Waals surface area contributed by atoms with Gasteiger partial charge in [-0.1, -0.05) is 123 Å². The van der Waals surface area contributed by atoms with Crippen molar-refractivity contribution >= 4 is 33.0 Å². The Kier molecular flexibility index (Phi) is 8.94. The molecule has 42 heavy (non-hydrogen) atoms. The number of para-hydroxylation sites is 2. The molecule has 1 aliphatic rings. The molecule has 2 heterocycles. The first kappa shape index (κ1) is 28.6. The first-order valence-corrected chi connectivity index (χ1v) is 14.8. The van der Waals surface area contributed by atoms with Crippen LogP contribution < -0.4 is 0 Å². The van der Waals surface area contributed by atoms with E-state index in [1.165, 1.54) is 27.4 Å². The zero-order valence-corrected chi connectivity index (χ0v) is 25.0. The Morgan fingerprint density at radius 3 is 2.14 bits per heavy atom. The fourth-order valence-electron chi connectivity index (χ4n) is 5.40. The molecule has 0 N–H and O–H groups in total. The van der Waals surface area contributed by atoms with E-state index in [0.29, 0.717) is 0 Å². The molecule has 0 bridgehead atoms. The summed E-state index contributed by atoms with van der Waals surface area (Å²) in [6.45, 7) is 12.1. The van der Waals surface area contributed by atoms with Gasteiger partial charge in [-0.05, 0) is 78.9 Å². The number of aromatic nitrogens is 2. The van der Waals surface area contributed by atoms with Gasteiger partial charge in [-0.3, -0.25) is 0 Å². The molecular weight excluding hydrogens is 508 g/mol. The van der Waals surface area contributed by atoms with Gasteiger partial charge in [-0.15, -0.1) is 0 Å². The lowest BCUT2D eigenvalue weighted by Crippen LogP contribution is -1.97. The van der Waals surface area contributed by atoms with Crippen LogP contribution in [-0.4, -0.2) is 9.55 Å². The Hall–Kier alpha value is -4.95. The molecule has 0 unspecified atom stereocenters. The van der Waals surface area contributed by atoms with E-state index < -0.39 is 0 Å². The molecule has 1 aliphatic carbocycles. The molecule has 0 atom stereocenters. The van der Waals surface area contributed by atoms with Crippen LogP contribution in [0.3, 0.4) is 0 Å². The molecule has 0 radical (unpaired) electrons. The predicted octanol–water partition coefficient (Wildman–Crippen LogP) is 11.3. The molecule has 0 amide bonds. The van der Waals surface area contributed by atoms with Crippen molar-refractivity contribution in [3.63, 3.8) is 0 Å². The molecule has 0 fully saturated rings. The average Bonchev–Trinajstić information content (AvgIpc) is 3.22. The smallest absolute Gasteiger partial charge is 0.0715 e. The predicted molar refractivity (Wildman–Crippen MR) is 184 cm³/mol. The molecule has 6 rings (SSSR count). The maximum absolute atomic E-state index is 5.09. The number of hydrogen-bond acceptors (Lipinski definition) is 1. The minimum atomic E-state index is 0.943. The molecule has 0 aliphatic heterocycles. The monoisotopic (exact) mass is 546 g/mol. The molecule has 3 aromatic carbocycles. The van der Waals surface area contributed by atoms with Gasteiger partial charge in [0, 0.05) is 16.5 Å². The third kappa shape index (κ3) is 5.75. The van der Waals surface area contributed by atoms with Gasteiger partial charge in [0.1, 0.15) is 0 Å². The van der Waals surface area contributed by atoms with E-state index in [0.717, 1.165) is 45.8 Å². The van der Waals surface area contributed by atoms with Crippen LogP contribution in [0.25, 0.3) is 49.8 Å². The Morgan fingerprint density at radius 2 is 1.50 bits per heavy atom. The van der Waals surface area contributed by atoms with E-state index in [9.17, 15) is 0 Å². The van der Waals surface area contributed by atoms with Crippen molar-refractivity contribution in [1.29, 1.82) is 0 Å². The normalized spacial score (nSPS) is 13.5. The number of fused-ring (bicyclic) bond motifs is 3. The van der Waals surface area contributed by atoms with E-state index >= 15 is 0 Å². The van der Waals surface area contributed by atoms with Crippen LogP contribution in [0.1, 0.15) is 45.5 Å². The minimum absolute atomic E-state index is 0.943. The molecule has 2 aromatic heterocycles. The fraction of sp³-hybridized carbons (Fsp3) is 0.125. The summed E-state index contributed by atoms with van der Waals surface area (Å²) in [5, 5.41) is 2.54. The molecule has 208 valence electrons. The Labute approximate surface area is 250 Å². The standard InChI is InChI=1S/C38H32N2.C2H6/c1-4-6-13-28(5-2)35-25-31(26-36(39-35)30-14-11-12-27(3)19-20-30)29-21-23-32(24-22-29)40-37-17-9-7-15-33(37)34-16-8-10-18-38(34)40;1-2/h4-11,13-26H,1,12H2,2-3H3;1-2H3/b13-6-,28-5+;. The van der Waals surface area contributed by atoms with Crippen molar-refractivity contribution in [3.05, 3.63) is 157 Å². The molecule has 2 heteroatoms. The van der Waals surface area contributed by atoms with Gasteiger partial charge in [-0.25, -0.2) is 4.98 Å². The van der Waals surface area contributed by atoms with Crippen LogP contribution in [0, 0.1) is 0 Å². The van der Waals surface area contributed by atoms with Crippen LogP contribution in [0.2, 0.25) is 0 Å². The van der Waals surface area contributed by atoms with Crippen molar-refractivity contribution in [3.8, 4) is 16.8 Å². The van der Waals surface area contributed by atoms with Gasteiger partial charge in [0.05, 0.1) is 22.4 Å². The highest BCUT2D eigenvalue weighted by atomic mass is 15.0. The van der Waals surface area contributed by atoms with Crippen LogP contribution in [0.5, 0.6) is 0 Å². The second-order valence-corrected chi connectivity index (χ2v) is 10.1. The van der Waals surface area contributed by atoms with Gasteiger partial charge in [0.2, 0.25) is 0 Å². The van der Waals surface area contributed by atoms with Crippen LogP contribution >= 0.6 is 0 Å². The summed E-state index contributed by atoms with van der Waals surface area (Å²) >= 11 is 0. The summed E-state index contributed by atoms with van der Waals surface area (Å²) in [4.78, 5) is 5.09. The Morgan fingerprint density at radius 1 is 0.833 bits per heavy atom. The number of allylic oxidation sites excluding steroid dienone is 11.